The van der Waals surface area contributed by atoms with Gasteiger partial charge < -0.3 is 9.88 Å². The van der Waals surface area contributed by atoms with E-state index in [9.17, 15) is 4.79 Å². The Morgan fingerprint density at radius 2 is 2.18 bits per heavy atom. The number of amides is 1. The highest BCUT2D eigenvalue weighted by atomic mass is 16.2. The first-order chi connectivity index (χ1) is 8.22. The molecule has 0 fully saturated rings. The third kappa shape index (κ3) is 2.49. The Hall–Kier alpha value is -1.77. The molecule has 3 nitrogen and oxygen atoms in total. The lowest BCUT2D eigenvalue weighted by molar-refractivity contribution is 0.0793. The minimum absolute atomic E-state index is 0.0925. The Morgan fingerprint density at radius 1 is 1.35 bits per heavy atom. The molecule has 0 saturated heterocycles. The summed E-state index contributed by atoms with van der Waals surface area (Å²) in [6.45, 7) is 2.95. The third-order valence-electron chi connectivity index (χ3n) is 3.00. The Bertz CT molecular complexity index is 516. The first-order valence-electron chi connectivity index (χ1n) is 6.05. The van der Waals surface area contributed by atoms with Crippen molar-refractivity contribution in [1.29, 1.82) is 0 Å². The monoisotopic (exact) mass is 230 g/mol. The highest BCUT2D eigenvalue weighted by Crippen LogP contribution is 2.15. The molecule has 0 unspecified atom stereocenters. The summed E-state index contributed by atoms with van der Waals surface area (Å²) in [5, 5.41) is 1.14. The number of carbonyl (C=O) groups excluding carboxylic acids is 1. The van der Waals surface area contributed by atoms with Crippen molar-refractivity contribution >= 4 is 16.8 Å². The lowest BCUT2D eigenvalue weighted by Gasteiger charge is -2.16. The number of unbranched alkanes of at least 4 members (excludes halogenated alkanes) is 1. The van der Waals surface area contributed by atoms with Crippen LogP contribution in [0, 0.1) is 0 Å². The number of nitrogens with one attached hydrogen (secondary N) is 1. The smallest absolute Gasteiger partial charge is 0.253 e. The van der Waals surface area contributed by atoms with Crippen LogP contribution in [-0.4, -0.2) is 29.4 Å². The normalized spacial score (nSPS) is 10.7. The summed E-state index contributed by atoms with van der Waals surface area (Å²) in [7, 11) is 1.86. The zero-order valence-electron chi connectivity index (χ0n) is 10.4. The first kappa shape index (κ1) is 11.7. The van der Waals surface area contributed by atoms with Crippen LogP contribution in [0.3, 0.4) is 0 Å². The van der Waals surface area contributed by atoms with E-state index in [1.54, 1.807) is 4.90 Å². The van der Waals surface area contributed by atoms with E-state index in [1.807, 2.05) is 37.5 Å². The molecule has 1 aromatic carbocycles. The zero-order valence-corrected chi connectivity index (χ0v) is 10.4. The van der Waals surface area contributed by atoms with Gasteiger partial charge in [0.15, 0.2) is 0 Å². The van der Waals surface area contributed by atoms with Crippen molar-refractivity contribution < 1.29 is 4.79 Å². The summed E-state index contributed by atoms with van der Waals surface area (Å²) < 4.78 is 0. The molecule has 0 saturated carbocycles. The summed E-state index contributed by atoms with van der Waals surface area (Å²) in [4.78, 5) is 17.0. The molecule has 2 rings (SSSR count). The van der Waals surface area contributed by atoms with Gasteiger partial charge in [0.05, 0.1) is 0 Å². The van der Waals surface area contributed by atoms with E-state index in [0.29, 0.717) is 0 Å². The van der Waals surface area contributed by atoms with Crippen molar-refractivity contribution in [2.24, 2.45) is 0 Å². The SMILES string of the molecule is CCCCN(C)C(=O)c1ccc2cc[nH]c2c1. The minimum Gasteiger partial charge on any atom is -0.361 e. The number of H-pyrrole nitrogens is 1. The highest BCUT2D eigenvalue weighted by molar-refractivity contribution is 5.97. The lowest BCUT2D eigenvalue weighted by Crippen LogP contribution is -2.27. The van der Waals surface area contributed by atoms with Gasteiger partial charge in [-0.15, -0.1) is 0 Å². The highest BCUT2D eigenvalue weighted by Gasteiger charge is 2.11. The van der Waals surface area contributed by atoms with Crippen molar-refractivity contribution in [3.63, 3.8) is 0 Å². The Kier molecular flexibility index (Phi) is 3.47. The van der Waals surface area contributed by atoms with E-state index >= 15 is 0 Å². The third-order valence-corrected chi connectivity index (χ3v) is 3.00. The van der Waals surface area contributed by atoms with Crippen LogP contribution >= 0.6 is 0 Å². The maximum Gasteiger partial charge on any atom is 0.253 e. The van der Waals surface area contributed by atoms with Crippen LogP contribution < -0.4 is 0 Å². The fourth-order valence-electron chi connectivity index (χ4n) is 1.90. The number of aromatic nitrogens is 1. The van der Waals surface area contributed by atoms with E-state index in [1.165, 1.54) is 0 Å². The molecule has 1 heterocycles. The van der Waals surface area contributed by atoms with Gasteiger partial charge in [-0.25, -0.2) is 0 Å². The summed E-state index contributed by atoms with van der Waals surface area (Å²) >= 11 is 0. The van der Waals surface area contributed by atoms with Gasteiger partial charge in [0.1, 0.15) is 0 Å². The molecule has 0 aliphatic rings. The van der Waals surface area contributed by atoms with Crippen LogP contribution in [-0.2, 0) is 0 Å². The second kappa shape index (κ2) is 5.04. The summed E-state index contributed by atoms with van der Waals surface area (Å²) in [6.07, 6.45) is 4.04. The first-order valence-corrected chi connectivity index (χ1v) is 6.05. The number of hydrogen-bond acceptors (Lipinski definition) is 1. The van der Waals surface area contributed by atoms with E-state index in [2.05, 4.69) is 11.9 Å². The van der Waals surface area contributed by atoms with Crippen LogP contribution in [0.4, 0.5) is 0 Å². The fourth-order valence-corrected chi connectivity index (χ4v) is 1.90. The van der Waals surface area contributed by atoms with Gasteiger partial charge in [0.2, 0.25) is 0 Å². The van der Waals surface area contributed by atoms with Gasteiger partial charge in [-0.1, -0.05) is 19.4 Å². The molecular weight excluding hydrogens is 212 g/mol. The minimum atomic E-state index is 0.0925. The van der Waals surface area contributed by atoms with Crippen molar-refractivity contribution in [2.75, 3.05) is 13.6 Å². The van der Waals surface area contributed by atoms with Gasteiger partial charge in [0.25, 0.3) is 5.91 Å². The molecule has 0 radical (unpaired) electrons. The molecule has 17 heavy (non-hydrogen) atoms. The second-order valence-corrected chi connectivity index (χ2v) is 4.36. The van der Waals surface area contributed by atoms with Gasteiger partial charge >= 0.3 is 0 Å². The average molecular weight is 230 g/mol. The Balaban J connectivity index is 2.17. The average Bonchev–Trinajstić information content (AvgIpc) is 2.81. The maximum absolute atomic E-state index is 12.1. The molecule has 2 aromatic rings. The Morgan fingerprint density at radius 3 is 2.94 bits per heavy atom. The number of benzene rings is 1. The van der Waals surface area contributed by atoms with Crippen molar-refractivity contribution in [2.45, 2.75) is 19.8 Å². The molecule has 0 bridgehead atoms. The van der Waals surface area contributed by atoms with Crippen molar-refractivity contribution in [1.82, 2.24) is 9.88 Å². The molecule has 3 heteroatoms. The molecule has 0 aliphatic heterocycles. The predicted molar refractivity (Wildman–Crippen MR) is 70.2 cm³/mol. The molecule has 0 atom stereocenters. The summed E-state index contributed by atoms with van der Waals surface area (Å²) in [5.41, 5.74) is 1.76. The molecule has 1 amide bonds. The molecule has 90 valence electrons. The molecule has 1 N–H and O–H groups in total. The summed E-state index contributed by atoms with van der Waals surface area (Å²) in [5.74, 6) is 0.0925. The largest absolute Gasteiger partial charge is 0.361 e. The van der Waals surface area contributed by atoms with Crippen LogP contribution in [0.15, 0.2) is 30.5 Å². The van der Waals surface area contributed by atoms with Gasteiger partial charge in [0, 0.05) is 30.9 Å². The van der Waals surface area contributed by atoms with E-state index in [0.717, 1.165) is 35.9 Å². The van der Waals surface area contributed by atoms with Crippen LogP contribution in [0.2, 0.25) is 0 Å². The molecule has 0 spiro atoms. The quantitative estimate of drug-likeness (QED) is 0.861. The molecular formula is C14H18N2O. The van der Waals surface area contributed by atoms with Crippen LogP contribution in [0.1, 0.15) is 30.1 Å². The number of nitrogens with zero attached hydrogens (tertiary/aromatic N) is 1. The van der Waals surface area contributed by atoms with Crippen molar-refractivity contribution in [3.05, 3.63) is 36.0 Å². The second-order valence-electron chi connectivity index (χ2n) is 4.36. The zero-order chi connectivity index (χ0) is 12.3. The van der Waals surface area contributed by atoms with E-state index < -0.39 is 0 Å². The molecule has 0 aliphatic carbocycles. The van der Waals surface area contributed by atoms with Crippen LogP contribution in [0.5, 0.6) is 0 Å². The number of hydrogen-bond donors (Lipinski definition) is 1. The maximum atomic E-state index is 12.1. The van der Waals surface area contributed by atoms with E-state index in [-0.39, 0.29) is 5.91 Å². The number of aromatic amines is 1. The fraction of sp³-hybridized carbons (Fsp3) is 0.357. The number of rotatable bonds is 4. The van der Waals surface area contributed by atoms with E-state index in [4.69, 9.17) is 0 Å². The Labute approximate surface area is 101 Å². The lowest BCUT2D eigenvalue weighted by atomic mass is 10.1. The van der Waals surface area contributed by atoms with Gasteiger partial charge in [-0.3, -0.25) is 4.79 Å². The van der Waals surface area contributed by atoms with Crippen molar-refractivity contribution in [3.8, 4) is 0 Å². The predicted octanol–water partition coefficient (Wildman–Crippen LogP) is 3.04. The number of fused-ring (bicyclic) bond motifs is 1. The van der Waals surface area contributed by atoms with Crippen LogP contribution in [0.25, 0.3) is 10.9 Å². The van der Waals surface area contributed by atoms with Gasteiger partial charge in [-0.05, 0) is 30.0 Å². The van der Waals surface area contributed by atoms with Gasteiger partial charge in [-0.2, -0.15) is 0 Å². The number of carbonyl (C=O) groups is 1. The molecule has 1 aromatic heterocycles. The summed E-state index contributed by atoms with van der Waals surface area (Å²) in [6, 6.07) is 7.79. The standard InChI is InChI=1S/C14H18N2O/c1-3-4-9-16(2)14(17)12-6-5-11-7-8-15-13(11)10-12/h5-8,10,15H,3-4,9H2,1-2H3. The topological polar surface area (TPSA) is 36.1 Å².